The summed E-state index contributed by atoms with van der Waals surface area (Å²) < 4.78 is 3.68. The number of aromatic amines is 1. The molecular formula is C20H19ClN4O. The molecule has 0 fully saturated rings. The van der Waals surface area contributed by atoms with Crippen molar-refractivity contribution in [3.63, 3.8) is 0 Å². The van der Waals surface area contributed by atoms with Crippen LogP contribution >= 0.6 is 0 Å². The van der Waals surface area contributed by atoms with Gasteiger partial charge in [-0.15, -0.1) is 0 Å². The lowest BCUT2D eigenvalue weighted by molar-refractivity contribution is -0.577. The number of halogens is 1. The number of aryl methyl sites for hydroxylation is 1. The van der Waals surface area contributed by atoms with Gasteiger partial charge in [0, 0.05) is 30.4 Å². The zero-order valence-electron chi connectivity index (χ0n) is 14.6. The summed E-state index contributed by atoms with van der Waals surface area (Å²) >= 11 is 0. The van der Waals surface area contributed by atoms with Gasteiger partial charge in [0.15, 0.2) is 6.20 Å². The van der Waals surface area contributed by atoms with Crippen LogP contribution in [0.25, 0.3) is 5.70 Å². The first-order chi connectivity index (χ1) is 12.2. The number of pyridine rings is 1. The van der Waals surface area contributed by atoms with Crippen molar-refractivity contribution in [2.75, 3.05) is 0 Å². The second-order valence-corrected chi connectivity index (χ2v) is 5.96. The predicted octanol–water partition coefficient (Wildman–Crippen LogP) is -0.0985. The normalized spacial score (nSPS) is 14.5. The number of rotatable bonds is 3. The van der Waals surface area contributed by atoms with Gasteiger partial charge >= 0.3 is 0 Å². The molecular weight excluding hydrogens is 348 g/mol. The van der Waals surface area contributed by atoms with E-state index in [1.807, 2.05) is 49.5 Å². The Balaban J connectivity index is 0.00000196. The molecule has 2 aromatic heterocycles. The molecule has 0 amide bonds. The average molecular weight is 367 g/mol. The highest BCUT2D eigenvalue weighted by Gasteiger charge is 2.34. The molecule has 0 aliphatic carbocycles. The molecule has 1 N–H and O–H groups in total. The van der Waals surface area contributed by atoms with Crippen LogP contribution < -0.4 is 22.5 Å². The van der Waals surface area contributed by atoms with E-state index in [0.29, 0.717) is 12.2 Å². The van der Waals surface area contributed by atoms with Gasteiger partial charge in [-0.05, 0) is 32.0 Å². The molecule has 0 saturated heterocycles. The minimum atomic E-state index is -0.0987. The third-order valence-electron chi connectivity index (χ3n) is 4.47. The zero-order valence-corrected chi connectivity index (χ0v) is 15.4. The predicted molar refractivity (Wildman–Crippen MR) is 98.0 cm³/mol. The van der Waals surface area contributed by atoms with E-state index >= 15 is 0 Å². The van der Waals surface area contributed by atoms with Gasteiger partial charge in [-0.2, -0.15) is 4.57 Å². The SMILES string of the molecule is CCn1[nH]cc(N=C2C(C)=C(c3ccccc3)[n+]3ccccc32)c1=O.[Cl-]. The number of fused-ring (bicyclic) bond motifs is 1. The number of aliphatic imine (C=N–C) groups is 1. The molecule has 132 valence electrons. The molecule has 4 rings (SSSR count). The van der Waals surface area contributed by atoms with Crippen LogP contribution in [0.4, 0.5) is 5.69 Å². The first kappa shape index (κ1) is 17.9. The van der Waals surface area contributed by atoms with E-state index in [4.69, 9.17) is 4.99 Å². The fraction of sp³-hybridized carbons (Fsp3) is 0.150. The lowest BCUT2D eigenvalue weighted by atomic mass is 10.1. The lowest BCUT2D eigenvalue weighted by Gasteiger charge is -1.99. The third-order valence-corrected chi connectivity index (χ3v) is 4.47. The molecule has 5 nitrogen and oxygen atoms in total. The summed E-state index contributed by atoms with van der Waals surface area (Å²) in [5.74, 6) is 0. The number of aromatic nitrogens is 3. The summed E-state index contributed by atoms with van der Waals surface area (Å²) in [7, 11) is 0. The summed E-state index contributed by atoms with van der Waals surface area (Å²) in [5.41, 5.74) is 5.44. The van der Waals surface area contributed by atoms with Crippen LogP contribution in [0.5, 0.6) is 0 Å². The molecule has 26 heavy (non-hydrogen) atoms. The molecule has 0 radical (unpaired) electrons. The number of benzene rings is 1. The largest absolute Gasteiger partial charge is 1.00 e. The Morgan fingerprint density at radius 2 is 1.85 bits per heavy atom. The van der Waals surface area contributed by atoms with Crippen LogP contribution in [-0.2, 0) is 6.54 Å². The first-order valence-electron chi connectivity index (χ1n) is 8.35. The van der Waals surface area contributed by atoms with Crippen LogP contribution in [0.1, 0.15) is 25.1 Å². The van der Waals surface area contributed by atoms with Crippen molar-refractivity contribution in [3.05, 3.63) is 88.1 Å². The van der Waals surface area contributed by atoms with Crippen molar-refractivity contribution in [1.29, 1.82) is 0 Å². The number of H-pyrrole nitrogens is 1. The molecule has 0 atom stereocenters. The van der Waals surface area contributed by atoms with E-state index < -0.39 is 0 Å². The van der Waals surface area contributed by atoms with Crippen molar-refractivity contribution in [2.45, 2.75) is 20.4 Å². The van der Waals surface area contributed by atoms with Gasteiger partial charge in [0.05, 0.1) is 5.57 Å². The second-order valence-electron chi connectivity index (χ2n) is 5.96. The minimum Gasteiger partial charge on any atom is -1.00 e. The number of nitrogens with one attached hydrogen (secondary N) is 1. The van der Waals surface area contributed by atoms with E-state index in [2.05, 4.69) is 28.7 Å². The van der Waals surface area contributed by atoms with Gasteiger partial charge < -0.3 is 17.5 Å². The maximum atomic E-state index is 12.4. The number of allylic oxidation sites excluding steroid dienone is 1. The smallest absolute Gasteiger partial charge is 0.292 e. The fourth-order valence-corrected chi connectivity index (χ4v) is 3.24. The van der Waals surface area contributed by atoms with Crippen molar-refractivity contribution in [1.82, 2.24) is 9.78 Å². The van der Waals surface area contributed by atoms with Crippen LogP contribution in [0.2, 0.25) is 0 Å². The maximum absolute atomic E-state index is 12.4. The van der Waals surface area contributed by atoms with E-state index in [0.717, 1.165) is 28.2 Å². The number of hydrogen-bond acceptors (Lipinski definition) is 2. The fourth-order valence-electron chi connectivity index (χ4n) is 3.24. The zero-order chi connectivity index (χ0) is 17.4. The van der Waals surface area contributed by atoms with Gasteiger partial charge in [-0.1, -0.05) is 18.2 Å². The third kappa shape index (κ3) is 2.80. The molecule has 1 aliphatic heterocycles. The molecule has 1 aliphatic rings. The monoisotopic (exact) mass is 366 g/mol. The number of nitrogens with zero attached hydrogens (tertiary/aromatic N) is 3. The Kier molecular flexibility index (Phi) is 4.91. The van der Waals surface area contributed by atoms with Crippen molar-refractivity contribution in [2.24, 2.45) is 4.99 Å². The van der Waals surface area contributed by atoms with Crippen LogP contribution in [0.15, 0.2) is 76.3 Å². The summed E-state index contributed by atoms with van der Waals surface area (Å²) in [6.45, 7) is 4.58. The Bertz CT molecular complexity index is 1060. The van der Waals surface area contributed by atoms with E-state index in [1.165, 1.54) is 0 Å². The highest BCUT2D eigenvalue weighted by atomic mass is 35.5. The van der Waals surface area contributed by atoms with Gasteiger partial charge in [0.1, 0.15) is 11.4 Å². The molecule has 6 heteroatoms. The topological polar surface area (TPSA) is 54.0 Å². The standard InChI is InChI=1S/C20H18N4O.ClH/c1-3-24-20(25)16(13-21-24)22-18-14(2)19(15-9-5-4-6-10-15)23-12-8-7-11-17(18)23;/h4-13H,3H2,1-2H3;1H. The van der Waals surface area contributed by atoms with Crippen molar-refractivity contribution < 1.29 is 17.0 Å². The summed E-state index contributed by atoms with van der Waals surface area (Å²) in [5, 5.41) is 2.95. The Morgan fingerprint density at radius 3 is 2.54 bits per heavy atom. The maximum Gasteiger partial charge on any atom is 0.292 e. The number of hydrogen-bond donors (Lipinski definition) is 1. The van der Waals surface area contributed by atoms with E-state index in [9.17, 15) is 4.79 Å². The van der Waals surface area contributed by atoms with E-state index in [-0.39, 0.29) is 18.0 Å². The molecule has 0 bridgehead atoms. The van der Waals surface area contributed by atoms with Gasteiger partial charge in [-0.25, -0.2) is 4.99 Å². The highest BCUT2D eigenvalue weighted by Crippen LogP contribution is 2.26. The summed E-state index contributed by atoms with van der Waals surface area (Å²) in [4.78, 5) is 17.1. The van der Waals surface area contributed by atoms with Crippen molar-refractivity contribution in [3.8, 4) is 0 Å². The summed E-state index contributed by atoms with van der Waals surface area (Å²) in [6, 6.07) is 16.3. The first-order valence-corrected chi connectivity index (χ1v) is 8.35. The molecule has 3 heterocycles. The lowest BCUT2D eigenvalue weighted by Crippen LogP contribution is -3.00. The quantitative estimate of drug-likeness (QED) is 0.647. The second kappa shape index (κ2) is 7.14. The molecule has 1 aromatic carbocycles. The van der Waals surface area contributed by atoms with Crippen LogP contribution in [0.3, 0.4) is 0 Å². The molecule has 0 spiro atoms. The van der Waals surface area contributed by atoms with E-state index in [1.54, 1.807) is 10.9 Å². The van der Waals surface area contributed by atoms with Gasteiger partial charge in [0.2, 0.25) is 11.4 Å². The van der Waals surface area contributed by atoms with Gasteiger partial charge in [-0.3, -0.25) is 9.48 Å². The summed E-state index contributed by atoms with van der Waals surface area (Å²) in [6.07, 6.45) is 3.70. The van der Waals surface area contributed by atoms with Crippen LogP contribution in [0, 0.1) is 0 Å². The Morgan fingerprint density at radius 1 is 1.12 bits per heavy atom. The van der Waals surface area contributed by atoms with Gasteiger partial charge in [0.25, 0.3) is 5.56 Å². The van der Waals surface area contributed by atoms with Crippen molar-refractivity contribution >= 4 is 17.1 Å². The molecule has 3 aromatic rings. The Hall–Kier alpha value is -2.92. The molecule has 0 unspecified atom stereocenters. The van der Waals surface area contributed by atoms with Crippen LogP contribution in [-0.4, -0.2) is 15.5 Å². The average Bonchev–Trinajstić information content (AvgIpc) is 3.14. The molecule has 0 saturated carbocycles. The highest BCUT2D eigenvalue weighted by molar-refractivity contribution is 6.16. The Labute approximate surface area is 157 Å². The minimum absolute atomic E-state index is 0.